The molecule has 0 aromatic heterocycles. The van der Waals surface area contributed by atoms with Gasteiger partial charge in [0, 0.05) is 17.1 Å². The van der Waals surface area contributed by atoms with Gasteiger partial charge in [-0.15, -0.1) is 11.8 Å². The Kier molecular flexibility index (Phi) is 3.50. The maximum Gasteiger partial charge on any atom is 0.162 e. The van der Waals surface area contributed by atoms with Crippen LogP contribution in [0, 0.1) is 0 Å². The fraction of sp³-hybridized carbons (Fsp3) is 0.364. The van der Waals surface area contributed by atoms with Crippen LogP contribution in [0.1, 0.15) is 6.42 Å². The number of carbonyl (C=O) groups excluding carboxylic acids is 1. The van der Waals surface area contributed by atoms with Gasteiger partial charge >= 0.3 is 0 Å². The molecule has 0 saturated heterocycles. The van der Waals surface area contributed by atoms with Crippen LogP contribution in [0.3, 0.4) is 0 Å². The van der Waals surface area contributed by atoms with Crippen LogP contribution in [-0.2, 0) is 4.79 Å². The van der Waals surface area contributed by atoms with E-state index in [-0.39, 0.29) is 0 Å². The van der Waals surface area contributed by atoms with Gasteiger partial charge in [-0.3, -0.25) is 0 Å². The molecule has 0 bridgehead atoms. The van der Waals surface area contributed by atoms with E-state index in [1.54, 1.807) is 11.8 Å². The molecule has 0 aliphatic carbocycles. The number of fused-ring (bicyclic) bond motifs is 1. The van der Waals surface area contributed by atoms with Gasteiger partial charge in [-0.05, 0) is 18.2 Å². The van der Waals surface area contributed by atoms with Gasteiger partial charge in [0.2, 0.25) is 0 Å². The van der Waals surface area contributed by atoms with E-state index >= 15 is 0 Å². The Labute approximate surface area is 92.8 Å². The lowest BCUT2D eigenvalue weighted by molar-refractivity contribution is -0.107. The molecule has 3 nitrogen and oxygen atoms in total. The number of hydrogen-bond acceptors (Lipinski definition) is 4. The first-order valence-electron chi connectivity index (χ1n) is 4.86. The summed E-state index contributed by atoms with van der Waals surface area (Å²) < 4.78 is 10.9. The Balaban J connectivity index is 2.03. The summed E-state index contributed by atoms with van der Waals surface area (Å²) in [5.41, 5.74) is 0. The molecule has 0 amide bonds. The number of rotatable bonds is 4. The van der Waals surface area contributed by atoms with Crippen molar-refractivity contribution < 1.29 is 14.3 Å². The number of aldehydes is 1. The normalized spacial score (nSPS) is 13.6. The molecule has 0 unspecified atom stereocenters. The summed E-state index contributed by atoms with van der Waals surface area (Å²) in [6, 6.07) is 5.87. The molecule has 1 aliphatic heterocycles. The second-order valence-electron chi connectivity index (χ2n) is 3.11. The molecule has 1 aliphatic rings. The minimum absolute atomic E-state index is 0.582. The van der Waals surface area contributed by atoms with Crippen molar-refractivity contribution in [1.82, 2.24) is 0 Å². The first-order valence-corrected chi connectivity index (χ1v) is 5.85. The molecular weight excluding hydrogens is 212 g/mol. The van der Waals surface area contributed by atoms with E-state index in [1.165, 1.54) is 0 Å². The molecule has 0 atom stereocenters. The minimum atomic E-state index is 0.582. The van der Waals surface area contributed by atoms with Crippen molar-refractivity contribution in [3.63, 3.8) is 0 Å². The predicted octanol–water partition coefficient (Wildman–Crippen LogP) is 2.14. The van der Waals surface area contributed by atoms with Gasteiger partial charge in [-0.25, -0.2) is 0 Å². The van der Waals surface area contributed by atoms with Crippen LogP contribution in [0.15, 0.2) is 23.1 Å². The highest BCUT2D eigenvalue weighted by Crippen LogP contribution is 2.34. The first kappa shape index (κ1) is 10.4. The van der Waals surface area contributed by atoms with E-state index in [2.05, 4.69) is 0 Å². The Bertz CT molecular complexity index is 352. The largest absolute Gasteiger partial charge is 0.486 e. The monoisotopic (exact) mass is 224 g/mol. The van der Waals surface area contributed by atoms with Crippen molar-refractivity contribution >= 4 is 18.0 Å². The number of ether oxygens (including phenoxy) is 2. The van der Waals surface area contributed by atoms with Crippen LogP contribution in [0.25, 0.3) is 0 Å². The molecule has 1 aromatic rings. The molecule has 0 fully saturated rings. The summed E-state index contributed by atoms with van der Waals surface area (Å²) in [6.07, 6.45) is 1.52. The second-order valence-corrected chi connectivity index (χ2v) is 4.28. The number of benzene rings is 1. The third-order valence-corrected chi connectivity index (χ3v) is 3.05. The van der Waals surface area contributed by atoms with Crippen LogP contribution in [0.4, 0.5) is 0 Å². The average Bonchev–Trinajstić information content (AvgIpc) is 2.29. The molecule has 0 saturated carbocycles. The zero-order valence-corrected chi connectivity index (χ0v) is 9.09. The Morgan fingerprint density at radius 3 is 2.87 bits per heavy atom. The number of carbonyl (C=O) groups is 1. The molecule has 2 rings (SSSR count). The standard InChI is InChI=1S/C11H12O3S/c12-4-1-7-15-9-2-3-10-11(8-9)14-6-5-13-10/h2-4,8H,1,5-7H2. The quantitative estimate of drug-likeness (QED) is 0.446. The zero-order chi connectivity index (χ0) is 10.5. The van der Waals surface area contributed by atoms with Crippen molar-refractivity contribution in [2.24, 2.45) is 0 Å². The van der Waals surface area contributed by atoms with Gasteiger partial charge in [0.15, 0.2) is 11.5 Å². The highest BCUT2D eigenvalue weighted by atomic mass is 32.2. The molecule has 1 heterocycles. The van der Waals surface area contributed by atoms with Gasteiger partial charge in [0.25, 0.3) is 0 Å². The van der Waals surface area contributed by atoms with Crippen LogP contribution < -0.4 is 9.47 Å². The minimum Gasteiger partial charge on any atom is -0.486 e. The maximum absolute atomic E-state index is 10.2. The zero-order valence-electron chi connectivity index (χ0n) is 8.27. The first-order chi connectivity index (χ1) is 7.40. The molecule has 4 heteroatoms. The van der Waals surface area contributed by atoms with Crippen LogP contribution in [0.2, 0.25) is 0 Å². The summed E-state index contributed by atoms with van der Waals surface area (Å²) in [5, 5.41) is 0. The van der Waals surface area contributed by atoms with Gasteiger partial charge in [-0.1, -0.05) is 0 Å². The topological polar surface area (TPSA) is 35.5 Å². The van der Waals surface area contributed by atoms with E-state index in [0.29, 0.717) is 19.6 Å². The van der Waals surface area contributed by atoms with Crippen LogP contribution >= 0.6 is 11.8 Å². The SMILES string of the molecule is O=CCCSc1ccc2c(c1)OCCO2. The van der Waals surface area contributed by atoms with Gasteiger partial charge in [0.1, 0.15) is 19.5 Å². The maximum atomic E-state index is 10.2. The van der Waals surface area contributed by atoms with E-state index in [9.17, 15) is 4.79 Å². The van der Waals surface area contributed by atoms with Gasteiger partial charge in [-0.2, -0.15) is 0 Å². The highest BCUT2D eigenvalue weighted by molar-refractivity contribution is 7.99. The fourth-order valence-electron chi connectivity index (χ4n) is 1.34. The molecule has 0 radical (unpaired) electrons. The van der Waals surface area contributed by atoms with Crippen LogP contribution in [0.5, 0.6) is 11.5 Å². The van der Waals surface area contributed by atoms with E-state index in [1.807, 2.05) is 18.2 Å². The van der Waals surface area contributed by atoms with Crippen molar-refractivity contribution in [2.45, 2.75) is 11.3 Å². The smallest absolute Gasteiger partial charge is 0.162 e. The molecule has 1 aromatic carbocycles. The third-order valence-electron chi connectivity index (χ3n) is 2.02. The predicted molar refractivity (Wildman–Crippen MR) is 58.8 cm³/mol. The molecule has 0 spiro atoms. The summed E-state index contributed by atoms with van der Waals surface area (Å²) >= 11 is 1.65. The number of thioether (sulfide) groups is 1. The molecule has 80 valence electrons. The van der Waals surface area contributed by atoms with Crippen molar-refractivity contribution in [3.05, 3.63) is 18.2 Å². The summed E-state index contributed by atoms with van der Waals surface area (Å²) in [7, 11) is 0. The lowest BCUT2D eigenvalue weighted by atomic mass is 10.3. The van der Waals surface area contributed by atoms with E-state index in [0.717, 1.165) is 28.4 Å². The van der Waals surface area contributed by atoms with E-state index in [4.69, 9.17) is 9.47 Å². The highest BCUT2D eigenvalue weighted by Gasteiger charge is 2.11. The Morgan fingerprint density at radius 1 is 1.27 bits per heavy atom. The Morgan fingerprint density at radius 2 is 2.07 bits per heavy atom. The lowest BCUT2D eigenvalue weighted by Gasteiger charge is -2.18. The fourth-order valence-corrected chi connectivity index (χ4v) is 2.14. The second kappa shape index (κ2) is 5.07. The lowest BCUT2D eigenvalue weighted by Crippen LogP contribution is -2.15. The number of hydrogen-bond donors (Lipinski definition) is 0. The summed E-state index contributed by atoms with van der Waals surface area (Å²) in [5.74, 6) is 2.42. The molecular formula is C11H12O3S. The van der Waals surface area contributed by atoms with E-state index < -0.39 is 0 Å². The van der Waals surface area contributed by atoms with Crippen LogP contribution in [-0.4, -0.2) is 25.3 Å². The average molecular weight is 224 g/mol. The van der Waals surface area contributed by atoms with Crippen molar-refractivity contribution in [3.8, 4) is 11.5 Å². The van der Waals surface area contributed by atoms with Gasteiger partial charge in [0.05, 0.1) is 0 Å². The van der Waals surface area contributed by atoms with Gasteiger partial charge < -0.3 is 14.3 Å². The molecule has 0 N–H and O–H groups in total. The summed E-state index contributed by atoms with van der Waals surface area (Å²) in [4.78, 5) is 11.3. The Hall–Kier alpha value is -1.16. The third kappa shape index (κ3) is 2.65. The van der Waals surface area contributed by atoms with Crippen molar-refractivity contribution in [1.29, 1.82) is 0 Å². The molecule has 15 heavy (non-hydrogen) atoms. The summed E-state index contributed by atoms with van der Waals surface area (Å²) in [6.45, 7) is 1.22. The van der Waals surface area contributed by atoms with Crippen molar-refractivity contribution in [2.75, 3.05) is 19.0 Å².